The van der Waals surface area contributed by atoms with Gasteiger partial charge >= 0.3 is 5.69 Å². The summed E-state index contributed by atoms with van der Waals surface area (Å²) < 4.78 is 16.5. The number of aryl methyl sites for hydroxylation is 1. The van der Waals surface area contributed by atoms with E-state index >= 15 is 0 Å². The first-order valence-electron chi connectivity index (χ1n) is 10.5. The lowest BCUT2D eigenvalue weighted by molar-refractivity contribution is 0.0746. The lowest BCUT2D eigenvalue weighted by Crippen LogP contribution is -2.52. The molecule has 1 saturated heterocycles. The monoisotopic (exact) mass is 436 g/mol. The summed E-state index contributed by atoms with van der Waals surface area (Å²) >= 11 is 0. The topological polar surface area (TPSA) is 67.6 Å². The van der Waals surface area contributed by atoms with Crippen LogP contribution >= 0.6 is 0 Å². The summed E-state index contributed by atoms with van der Waals surface area (Å²) in [5, 5.41) is 0. The molecule has 3 aromatic rings. The number of piperazine rings is 1. The van der Waals surface area contributed by atoms with E-state index in [-0.39, 0.29) is 11.5 Å². The second-order valence-electron chi connectivity index (χ2n) is 7.99. The fourth-order valence-corrected chi connectivity index (χ4v) is 4.09. The van der Waals surface area contributed by atoms with Gasteiger partial charge in [-0.05, 0) is 43.7 Å². The van der Waals surface area contributed by atoms with Crippen molar-refractivity contribution in [2.75, 3.05) is 31.1 Å². The Morgan fingerprint density at radius 1 is 0.938 bits per heavy atom. The minimum absolute atomic E-state index is 0.234. The highest BCUT2D eigenvalue weighted by Gasteiger charge is 2.27. The molecule has 0 atom stereocenters. The number of amides is 1. The van der Waals surface area contributed by atoms with Crippen LogP contribution < -0.4 is 16.1 Å². The number of halogens is 1. The second kappa shape index (κ2) is 8.45. The first kappa shape index (κ1) is 21.5. The smallest absolute Gasteiger partial charge is 0.335 e. The SMILES string of the molecule is Cc1ccc(C(=O)N2CCN(c3c(C)n(-c4ccccc4)c(=O)n(C)c3=O)CC2)cc1F. The molecule has 166 valence electrons. The van der Waals surface area contributed by atoms with E-state index in [4.69, 9.17) is 0 Å². The zero-order valence-electron chi connectivity index (χ0n) is 18.3. The molecule has 0 N–H and O–H groups in total. The predicted octanol–water partition coefficient (Wildman–Crippen LogP) is 2.25. The average Bonchev–Trinajstić information content (AvgIpc) is 2.80. The normalized spacial score (nSPS) is 14.0. The highest BCUT2D eigenvalue weighted by Crippen LogP contribution is 2.20. The molecule has 1 aliphatic rings. The number of anilines is 1. The molecule has 8 heteroatoms. The molecule has 0 saturated carbocycles. The molecule has 32 heavy (non-hydrogen) atoms. The molecule has 0 aliphatic carbocycles. The fourth-order valence-electron chi connectivity index (χ4n) is 4.09. The summed E-state index contributed by atoms with van der Waals surface area (Å²) in [6.45, 7) is 5.06. The predicted molar refractivity (Wildman–Crippen MR) is 121 cm³/mol. The van der Waals surface area contributed by atoms with Gasteiger partial charge in [0.15, 0.2) is 0 Å². The van der Waals surface area contributed by atoms with Crippen molar-refractivity contribution in [2.24, 2.45) is 7.05 Å². The van der Waals surface area contributed by atoms with Gasteiger partial charge in [0.05, 0.1) is 11.4 Å². The van der Waals surface area contributed by atoms with E-state index in [2.05, 4.69) is 0 Å². The van der Waals surface area contributed by atoms with Crippen LogP contribution in [0.15, 0.2) is 58.1 Å². The minimum atomic E-state index is -0.406. The first-order valence-corrected chi connectivity index (χ1v) is 10.5. The van der Waals surface area contributed by atoms with Gasteiger partial charge in [0, 0.05) is 38.8 Å². The van der Waals surface area contributed by atoms with Crippen LogP contribution in [0.1, 0.15) is 21.6 Å². The number of rotatable bonds is 3. The Balaban J connectivity index is 1.62. The summed E-state index contributed by atoms with van der Waals surface area (Å²) in [5.74, 6) is -0.640. The molecule has 0 spiro atoms. The first-order chi connectivity index (χ1) is 15.3. The number of hydrogen-bond donors (Lipinski definition) is 0. The van der Waals surface area contributed by atoms with Gasteiger partial charge in [0.1, 0.15) is 11.5 Å². The van der Waals surface area contributed by atoms with Crippen LogP contribution in [0, 0.1) is 19.7 Å². The molecule has 1 fully saturated rings. The molecule has 2 aromatic carbocycles. The number of nitrogens with zero attached hydrogens (tertiary/aromatic N) is 4. The van der Waals surface area contributed by atoms with Crippen LogP contribution in [0.2, 0.25) is 0 Å². The van der Waals surface area contributed by atoms with Crippen LogP contribution in [0.3, 0.4) is 0 Å². The van der Waals surface area contributed by atoms with Crippen molar-refractivity contribution < 1.29 is 9.18 Å². The van der Waals surface area contributed by atoms with Crippen LogP contribution in [0.5, 0.6) is 0 Å². The molecular formula is C24H25FN4O3. The van der Waals surface area contributed by atoms with Gasteiger partial charge in [-0.15, -0.1) is 0 Å². The third kappa shape index (κ3) is 3.72. The molecule has 7 nitrogen and oxygen atoms in total. The van der Waals surface area contributed by atoms with Gasteiger partial charge in [-0.1, -0.05) is 24.3 Å². The van der Waals surface area contributed by atoms with Crippen molar-refractivity contribution in [1.82, 2.24) is 14.0 Å². The summed E-state index contributed by atoms with van der Waals surface area (Å²) in [6.07, 6.45) is 0. The van der Waals surface area contributed by atoms with Crippen molar-refractivity contribution in [3.05, 3.63) is 92.0 Å². The van der Waals surface area contributed by atoms with Crippen LogP contribution in [0.25, 0.3) is 5.69 Å². The van der Waals surface area contributed by atoms with E-state index < -0.39 is 11.5 Å². The summed E-state index contributed by atoms with van der Waals surface area (Å²) in [7, 11) is 1.47. The molecule has 1 aliphatic heterocycles. The maximum atomic E-state index is 13.9. The molecule has 0 bridgehead atoms. The Bertz CT molecular complexity index is 1290. The van der Waals surface area contributed by atoms with E-state index in [0.29, 0.717) is 54.4 Å². The molecule has 0 radical (unpaired) electrons. The minimum Gasteiger partial charge on any atom is -0.362 e. The van der Waals surface area contributed by atoms with E-state index in [1.807, 2.05) is 35.2 Å². The highest BCUT2D eigenvalue weighted by atomic mass is 19.1. The van der Waals surface area contributed by atoms with Crippen molar-refractivity contribution >= 4 is 11.6 Å². The Morgan fingerprint density at radius 2 is 1.59 bits per heavy atom. The fraction of sp³-hybridized carbons (Fsp3) is 0.292. The number of carbonyl (C=O) groups is 1. The van der Waals surface area contributed by atoms with Crippen molar-refractivity contribution in [3.8, 4) is 5.69 Å². The van der Waals surface area contributed by atoms with E-state index in [0.717, 1.165) is 4.57 Å². The van der Waals surface area contributed by atoms with Gasteiger partial charge < -0.3 is 9.80 Å². The highest BCUT2D eigenvalue weighted by molar-refractivity contribution is 5.94. The summed E-state index contributed by atoms with van der Waals surface area (Å²) in [6, 6.07) is 13.7. The zero-order chi connectivity index (χ0) is 23.0. The maximum absolute atomic E-state index is 13.9. The van der Waals surface area contributed by atoms with Crippen LogP contribution in [0.4, 0.5) is 10.1 Å². The molecule has 0 unspecified atom stereocenters. The van der Waals surface area contributed by atoms with Gasteiger partial charge in [-0.25, -0.2) is 9.18 Å². The van der Waals surface area contributed by atoms with Gasteiger partial charge in [0.2, 0.25) is 0 Å². The van der Waals surface area contributed by atoms with Crippen molar-refractivity contribution in [1.29, 1.82) is 0 Å². The number of carbonyl (C=O) groups excluding carboxylic acids is 1. The number of aromatic nitrogens is 2. The Morgan fingerprint density at radius 3 is 2.22 bits per heavy atom. The number of benzene rings is 2. The van der Waals surface area contributed by atoms with E-state index in [1.54, 1.807) is 30.9 Å². The van der Waals surface area contributed by atoms with Crippen LogP contribution in [-0.2, 0) is 7.05 Å². The van der Waals surface area contributed by atoms with Crippen LogP contribution in [-0.4, -0.2) is 46.1 Å². The standard InChI is InChI=1S/C24H25FN4O3/c1-16-9-10-18(15-20(16)25)22(30)28-13-11-27(12-14-28)21-17(2)29(19-7-5-4-6-8-19)24(32)26(3)23(21)31/h4-10,15H,11-14H2,1-3H3. The zero-order valence-corrected chi connectivity index (χ0v) is 18.3. The molecule has 2 heterocycles. The van der Waals surface area contributed by atoms with Gasteiger partial charge in [-0.2, -0.15) is 0 Å². The summed E-state index contributed by atoms with van der Waals surface area (Å²) in [5.41, 5.74) is 1.73. The lowest BCUT2D eigenvalue weighted by atomic mass is 10.1. The third-order valence-corrected chi connectivity index (χ3v) is 5.98. The largest absolute Gasteiger partial charge is 0.362 e. The molecule has 4 rings (SSSR count). The van der Waals surface area contributed by atoms with Gasteiger partial charge in [-0.3, -0.25) is 18.7 Å². The Kier molecular flexibility index (Phi) is 5.69. The van der Waals surface area contributed by atoms with Crippen molar-refractivity contribution in [3.63, 3.8) is 0 Å². The van der Waals surface area contributed by atoms with Crippen molar-refractivity contribution in [2.45, 2.75) is 13.8 Å². The maximum Gasteiger partial charge on any atom is 0.335 e. The number of para-hydroxylation sites is 1. The summed E-state index contributed by atoms with van der Waals surface area (Å²) in [4.78, 5) is 42.2. The molecule has 1 aromatic heterocycles. The van der Waals surface area contributed by atoms with Gasteiger partial charge in [0.25, 0.3) is 11.5 Å². The average molecular weight is 436 g/mol. The quantitative estimate of drug-likeness (QED) is 0.632. The van der Waals surface area contributed by atoms with E-state index in [1.165, 1.54) is 17.7 Å². The lowest BCUT2D eigenvalue weighted by Gasteiger charge is -2.36. The Labute approximate surface area is 184 Å². The molecule has 1 amide bonds. The molecular weight excluding hydrogens is 411 g/mol. The van der Waals surface area contributed by atoms with E-state index in [9.17, 15) is 18.8 Å². The Hall–Kier alpha value is -3.68. The third-order valence-electron chi connectivity index (χ3n) is 5.98. The second-order valence-corrected chi connectivity index (χ2v) is 7.99. The number of hydrogen-bond acceptors (Lipinski definition) is 4.